The summed E-state index contributed by atoms with van der Waals surface area (Å²) in [6.07, 6.45) is 0.881. The Morgan fingerprint density at radius 1 is 1.44 bits per heavy atom. The Kier molecular flexibility index (Phi) is 3.43. The minimum absolute atomic E-state index is 0.118. The van der Waals surface area contributed by atoms with Crippen molar-refractivity contribution in [2.75, 3.05) is 7.11 Å². The lowest BCUT2D eigenvalue weighted by Crippen LogP contribution is -2.33. The molecule has 5 heteroatoms. The molecule has 3 nitrogen and oxygen atoms in total. The molecular formula is C13H13F2NO2. The normalized spacial score (nSPS) is 16.9. The molecule has 0 heterocycles. The van der Waals surface area contributed by atoms with Crippen LogP contribution in [0.15, 0.2) is 23.2 Å². The van der Waals surface area contributed by atoms with E-state index in [4.69, 9.17) is 4.74 Å². The van der Waals surface area contributed by atoms with E-state index in [1.165, 1.54) is 25.3 Å². The summed E-state index contributed by atoms with van der Waals surface area (Å²) in [6.45, 7) is 0. The Morgan fingerprint density at radius 2 is 2.17 bits per heavy atom. The molecule has 0 N–H and O–H groups in total. The molecule has 1 aliphatic carbocycles. The molecule has 0 atom stereocenters. The number of isocyanates is 1. The van der Waals surface area contributed by atoms with Gasteiger partial charge in [-0.3, -0.25) is 0 Å². The second-order valence-electron chi connectivity index (χ2n) is 4.31. The fourth-order valence-electron chi connectivity index (χ4n) is 2.41. The highest BCUT2D eigenvalue weighted by atomic mass is 19.3. The maximum atomic E-state index is 13.1. The fraction of sp³-hybridized carbons (Fsp3) is 0.462. The van der Waals surface area contributed by atoms with E-state index in [1.54, 1.807) is 6.07 Å². The molecule has 0 unspecified atom stereocenters. The molecule has 0 aliphatic heterocycles. The Bertz CT molecular complexity index is 492. The van der Waals surface area contributed by atoms with E-state index in [9.17, 15) is 13.6 Å². The molecular weight excluding hydrogens is 240 g/mol. The molecule has 0 radical (unpaired) electrons. The van der Waals surface area contributed by atoms with Crippen LogP contribution in [0, 0.1) is 0 Å². The first-order chi connectivity index (χ1) is 8.64. The molecule has 0 spiro atoms. The van der Waals surface area contributed by atoms with Gasteiger partial charge in [0.05, 0.1) is 7.11 Å². The third kappa shape index (κ3) is 1.91. The predicted molar refractivity (Wildman–Crippen MR) is 61.6 cm³/mol. The summed E-state index contributed by atoms with van der Waals surface area (Å²) < 4.78 is 31.3. The number of nitrogens with zero attached hydrogens (tertiary/aromatic N) is 1. The number of ether oxygens (including phenoxy) is 1. The highest BCUT2D eigenvalue weighted by Gasteiger charge is 2.43. The molecule has 1 aromatic carbocycles. The zero-order chi connectivity index (χ0) is 13.2. The average molecular weight is 253 g/mol. The van der Waals surface area contributed by atoms with E-state index in [0.717, 1.165) is 6.42 Å². The van der Waals surface area contributed by atoms with Crippen LogP contribution in [0.3, 0.4) is 0 Å². The van der Waals surface area contributed by atoms with Gasteiger partial charge in [-0.05, 0) is 25.3 Å². The molecule has 1 aliphatic rings. The van der Waals surface area contributed by atoms with E-state index in [-0.39, 0.29) is 5.56 Å². The number of rotatable bonds is 4. The monoisotopic (exact) mass is 253 g/mol. The third-order valence-electron chi connectivity index (χ3n) is 3.42. The SMILES string of the molecule is COc1cccc(C(F)F)c1C1(N=C=O)CCC1. The number of hydrogen-bond donors (Lipinski definition) is 0. The van der Waals surface area contributed by atoms with Gasteiger partial charge < -0.3 is 4.74 Å². The Hall–Kier alpha value is -1.74. The number of hydrogen-bond acceptors (Lipinski definition) is 3. The predicted octanol–water partition coefficient (Wildman–Crippen LogP) is 3.35. The number of methoxy groups -OCH3 is 1. The van der Waals surface area contributed by atoms with E-state index < -0.39 is 12.0 Å². The summed E-state index contributed by atoms with van der Waals surface area (Å²) in [5, 5.41) is 0. The van der Waals surface area contributed by atoms with Crippen molar-refractivity contribution in [3.63, 3.8) is 0 Å². The van der Waals surface area contributed by atoms with E-state index in [2.05, 4.69) is 4.99 Å². The summed E-state index contributed by atoms with van der Waals surface area (Å²) in [7, 11) is 1.42. The molecule has 1 saturated carbocycles. The van der Waals surface area contributed by atoms with Gasteiger partial charge in [-0.2, -0.15) is 4.99 Å². The summed E-state index contributed by atoms with van der Waals surface area (Å²) in [5.41, 5.74) is -0.662. The van der Waals surface area contributed by atoms with Gasteiger partial charge in [0.25, 0.3) is 6.43 Å². The van der Waals surface area contributed by atoms with E-state index in [0.29, 0.717) is 24.2 Å². The molecule has 18 heavy (non-hydrogen) atoms. The van der Waals surface area contributed by atoms with Crippen molar-refractivity contribution in [1.29, 1.82) is 0 Å². The van der Waals surface area contributed by atoms with Crippen LogP contribution in [0.25, 0.3) is 0 Å². The molecule has 0 aromatic heterocycles. The van der Waals surface area contributed by atoms with Crippen molar-refractivity contribution >= 4 is 6.08 Å². The number of halogens is 2. The quantitative estimate of drug-likeness (QED) is 0.609. The van der Waals surface area contributed by atoms with Gasteiger partial charge in [0, 0.05) is 11.1 Å². The summed E-state index contributed by atoms with van der Waals surface area (Å²) in [5.74, 6) is 0.353. The smallest absolute Gasteiger partial charge is 0.264 e. The summed E-state index contributed by atoms with van der Waals surface area (Å²) >= 11 is 0. The second-order valence-corrected chi connectivity index (χ2v) is 4.31. The van der Waals surface area contributed by atoms with Crippen LogP contribution in [-0.2, 0) is 10.3 Å². The van der Waals surface area contributed by atoms with Crippen LogP contribution in [0.1, 0.15) is 36.8 Å². The number of alkyl halides is 2. The lowest BCUT2D eigenvalue weighted by Gasteiger charge is -2.39. The Balaban J connectivity index is 2.63. The molecule has 0 saturated heterocycles. The first-order valence-corrected chi connectivity index (χ1v) is 5.69. The second kappa shape index (κ2) is 4.86. The number of carbonyl (C=O) groups excluding carboxylic acids is 1. The van der Waals surface area contributed by atoms with Gasteiger partial charge in [-0.1, -0.05) is 12.1 Å². The standard InChI is InChI=1S/C13H13F2NO2/c1-18-10-5-2-4-9(12(14)15)11(10)13(16-8-17)6-3-7-13/h2,4-5,12H,3,6-7H2,1H3. The van der Waals surface area contributed by atoms with Crippen LogP contribution in [0.2, 0.25) is 0 Å². The summed E-state index contributed by atoms with van der Waals surface area (Å²) in [6, 6.07) is 4.48. The Labute approximate surface area is 103 Å². The van der Waals surface area contributed by atoms with Crippen molar-refractivity contribution in [1.82, 2.24) is 0 Å². The van der Waals surface area contributed by atoms with Crippen LogP contribution in [0.4, 0.5) is 8.78 Å². The van der Waals surface area contributed by atoms with Crippen molar-refractivity contribution in [3.05, 3.63) is 29.3 Å². The largest absolute Gasteiger partial charge is 0.496 e. The maximum absolute atomic E-state index is 13.1. The zero-order valence-corrected chi connectivity index (χ0v) is 9.95. The number of benzene rings is 1. The van der Waals surface area contributed by atoms with Gasteiger partial charge in [0.2, 0.25) is 6.08 Å². The van der Waals surface area contributed by atoms with E-state index in [1.807, 2.05) is 0 Å². The van der Waals surface area contributed by atoms with Crippen LogP contribution in [-0.4, -0.2) is 13.2 Å². The zero-order valence-electron chi connectivity index (χ0n) is 9.95. The van der Waals surface area contributed by atoms with Crippen molar-refractivity contribution in [3.8, 4) is 5.75 Å². The van der Waals surface area contributed by atoms with Crippen LogP contribution < -0.4 is 4.74 Å². The van der Waals surface area contributed by atoms with Crippen molar-refractivity contribution < 1.29 is 18.3 Å². The highest BCUT2D eigenvalue weighted by Crippen LogP contribution is 2.50. The van der Waals surface area contributed by atoms with Gasteiger partial charge in [0.15, 0.2) is 0 Å². The molecule has 0 bridgehead atoms. The third-order valence-corrected chi connectivity index (χ3v) is 3.42. The molecule has 1 aromatic rings. The number of aliphatic imine (C=N–C) groups is 1. The minimum Gasteiger partial charge on any atom is -0.496 e. The molecule has 0 amide bonds. The van der Waals surface area contributed by atoms with E-state index >= 15 is 0 Å². The molecule has 1 fully saturated rings. The van der Waals surface area contributed by atoms with Gasteiger partial charge in [0.1, 0.15) is 11.3 Å². The van der Waals surface area contributed by atoms with Gasteiger partial charge in [-0.15, -0.1) is 0 Å². The van der Waals surface area contributed by atoms with Crippen molar-refractivity contribution in [2.24, 2.45) is 4.99 Å². The van der Waals surface area contributed by atoms with Crippen molar-refractivity contribution in [2.45, 2.75) is 31.2 Å². The van der Waals surface area contributed by atoms with Gasteiger partial charge >= 0.3 is 0 Å². The van der Waals surface area contributed by atoms with Crippen LogP contribution in [0.5, 0.6) is 5.75 Å². The average Bonchev–Trinajstić information content (AvgIpc) is 2.33. The molecule has 96 valence electrons. The van der Waals surface area contributed by atoms with Gasteiger partial charge in [-0.25, -0.2) is 13.6 Å². The maximum Gasteiger partial charge on any atom is 0.264 e. The lowest BCUT2D eigenvalue weighted by molar-refractivity contribution is 0.142. The molecule has 2 rings (SSSR count). The van der Waals surface area contributed by atoms with Crippen LogP contribution >= 0.6 is 0 Å². The highest BCUT2D eigenvalue weighted by molar-refractivity contribution is 5.50. The lowest BCUT2D eigenvalue weighted by atomic mass is 9.70. The Morgan fingerprint density at radius 3 is 2.61 bits per heavy atom. The first-order valence-electron chi connectivity index (χ1n) is 5.69. The first kappa shape index (κ1) is 12.7. The summed E-state index contributed by atoms with van der Waals surface area (Å²) in [4.78, 5) is 14.3. The minimum atomic E-state index is -2.62. The fourth-order valence-corrected chi connectivity index (χ4v) is 2.41. The topological polar surface area (TPSA) is 38.7 Å².